The Bertz CT molecular complexity index is 631. The van der Waals surface area contributed by atoms with E-state index in [9.17, 15) is 8.42 Å². The van der Waals surface area contributed by atoms with Crippen molar-refractivity contribution in [1.29, 1.82) is 0 Å². The molecule has 0 bridgehead atoms. The molecule has 1 N–H and O–H groups in total. The van der Waals surface area contributed by atoms with Gasteiger partial charge in [-0.2, -0.15) is 12.7 Å². The Labute approximate surface area is 152 Å². The highest BCUT2D eigenvalue weighted by Crippen LogP contribution is 2.20. The molecular formula is C19H31N3O2S. The van der Waals surface area contributed by atoms with Crippen LogP contribution in [0.2, 0.25) is 0 Å². The molecule has 2 aliphatic rings. The molecule has 2 aliphatic heterocycles. The monoisotopic (exact) mass is 365 g/mol. The van der Waals surface area contributed by atoms with Gasteiger partial charge in [0.1, 0.15) is 0 Å². The lowest BCUT2D eigenvalue weighted by Crippen LogP contribution is -2.45. The lowest BCUT2D eigenvalue weighted by Gasteiger charge is -2.29. The first-order valence-electron chi connectivity index (χ1n) is 9.63. The second-order valence-electron chi connectivity index (χ2n) is 7.45. The van der Waals surface area contributed by atoms with E-state index in [4.69, 9.17) is 0 Å². The van der Waals surface area contributed by atoms with Crippen molar-refractivity contribution in [3.05, 3.63) is 29.8 Å². The first-order valence-corrected chi connectivity index (χ1v) is 11.1. The molecule has 0 spiro atoms. The molecule has 2 fully saturated rings. The summed E-state index contributed by atoms with van der Waals surface area (Å²) < 4.78 is 29.0. The van der Waals surface area contributed by atoms with Gasteiger partial charge >= 0.3 is 0 Å². The van der Waals surface area contributed by atoms with Gasteiger partial charge in [0.25, 0.3) is 10.2 Å². The highest BCUT2D eigenvalue weighted by Gasteiger charge is 2.25. The maximum absolute atomic E-state index is 12.4. The SMILES string of the molecule is CC1CCN(S(=O)(=O)NCCc2ccc(N3CCCCC3)cc2)CC1. The van der Waals surface area contributed by atoms with Crippen LogP contribution < -0.4 is 9.62 Å². The van der Waals surface area contributed by atoms with E-state index in [-0.39, 0.29) is 0 Å². The third kappa shape index (κ3) is 5.19. The molecule has 1 aromatic rings. The van der Waals surface area contributed by atoms with Crippen LogP contribution in [0.3, 0.4) is 0 Å². The lowest BCUT2D eigenvalue weighted by molar-refractivity contribution is 0.285. The van der Waals surface area contributed by atoms with Gasteiger partial charge in [0.2, 0.25) is 0 Å². The number of nitrogens with one attached hydrogen (secondary N) is 1. The minimum absolute atomic E-state index is 0.456. The number of anilines is 1. The molecule has 0 aliphatic carbocycles. The number of hydrogen-bond acceptors (Lipinski definition) is 3. The van der Waals surface area contributed by atoms with E-state index in [1.807, 2.05) is 0 Å². The van der Waals surface area contributed by atoms with Gasteiger partial charge in [-0.3, -0.25) is 0 Å². The van der Waals surface area contributed by atoms with Crippen molar-refractivity contribution in [1.82, 2.24) is 9.03 Å². The zero-order valence-electron chi connectivity index (χ0n) is 15.3. The van der Waals surface area contributed by atoms with Crippen molar-refractivity contribution < 1.29 is 8.42 Å². The van der Waals surface area contributed by atoms with Gasteiger partial charge in [-0.1, -0.05) is 19.1 Å². The Morgan fingerprint density at radius 2 is 1.64 bits per heavy atom. The summed E-state index contributed by atoms with van der Waals surface area (Å²) >= 11 is 0. The summed E-state index contributed by atoms with van der Waals surface area (Å²) in [6.45, 7) is 6.21. The second kappa shape index (κ2) is 8.52. The van der Waals surface area contributed by atoms with Crippen LogP contribution in [0.4, 0.5) is 5.69 Å². The summed E-state index contributed by atoms with van der Waals surface area (Å²) in [5.41, 5.74) is 2.46. The van der Waals surface area contributed by atoms with Gasteiger partial charge in [-0.05, 0) is 62.1 Å². The van der Waals surface area contributed by atoms with Crippen LogP contribution in [0.5, 0.6) is 0 Å². The van der Waals surface area contributed by atoms with Gasteiger partial charge in [0.05, 0.1) is 0 Å². The van der Waals surface area contributed by atoms with Crippen LogP contribution in [0.15, 0.2) is 24.3 Å². The molecule has 0 saturated carbocycles. The molecule has 0 aromatic heterocycles. The highest BCUT2D eigenvalue weighted by atomic mass is 32.2. The molecule has 5 nitrogen and oxygen atoms in total. The summed E-state index contributed by atoms with van der Waals surface area (Å²) in [6, 6.07) is 8.59. The van der Waals surface area contributed by atoms with E-state index in [1.165, 1.54) is 30.5 Å². The van der Waals surface area contributed by atoms with Crippen molar-refractivity contribution in [2.75, 3.05) is 37.6 Å². The van der Waals surface area contributed by atoms with E-state index >= 15 is 0 Å². The van der Waals surface area contributed by atoms with E-state index in [1.54, 1.807) is 4.31 Å². The number of piperidine rings is 2. The number of nitrogens with zero attached hydrogens (tertiary/aromatic N) is 2. The lowest BCUT2D eigenvalue weighted by atomic mass is 10.0. The largest absolute Gasteiger partial charge is 0.372 e. The Balaban J connectivity index is 1.46. The van der Waals surface area contributed by atoms with Gasteiger partial charge in [-0.15, -0.1) is 0 Å². The normalized spacial score (nSPS) is 20.8. The predicted octanol–water partition coefficient (Wildman–Crippen LogP) is 2.79. The third-order valence-corrected chi connectivity index (χ3v) is 7.05. The van der Waals surface area contributed by atoms with Gasteiger partial charge in [0, 0.05) is 38.4 Å². The van der Waals surface area contributed by atoms with E-state index < -0.39 is 10.2 Å². The Hall–Kier alpha value is -1.11. The fourth-order valence-corrected chi connectivity index (χ4v) is 4.90. The molecule has 6 heteroatoms. The molecule has 2 saturated heterocycles. The molecular weight excluding hydrogens is 334 g/mol. The highest BCUT2D eigenvalue weighted by molar-refractivity contribution is 7.87. The minimum Gasteiger partial charge on any atom is -0.372 e. The molecule has 140 valence electrons. The van der Waals surface area contributed by atoms with Crippen LogP contribution in [0, 0.1) is 5.92 Å². The maximum Gasteiger partial charge on any atom is 0.279 e. The molecule has 25 heavy (non-hydrogen) atoms. The molecule has 0 radical (unpaired) electrons. The van der Waals surface area contributed by atoms with Crippen molar-refractivity contribution in [3.8, 4) is 0 Å². The second-order valence-corrected chi connectivity index (χ2v) is 9.20. The van der Waals surface area contributed by atoms with E-state index in [0.29, 0.717) is 25.6 Å². The Morgan fingerprint density at radius 3 is 2.28 bits per heavy atom. The molecule has 0 amide bonds. The fourth-order valence-electron chi connectivity index (χ4n) is 3.67. The quantitative estimate of drug-likeness (QED) is 0.843. The first kappa shape index (κ1) is 18.7. The number of benzene rings is 1. The smallest absolute Gasteiger partial charge is 0.279 e. The average Bonchev–Trinajstić information content (AvgIpc) is 2.63. The standard InChI is InChI=1S/C19H31N3O2S/c1-17-10-15-22(16-11-17)25(23,24)20-12-9-18-5-7-19(8-6-18)21-13-3-2-4-14-21/h5-8,17,20H,2-4,9-16H2,1H3. The van der Waals surface area contributed by atoms with E-state index in [0.717, 1.165) is 32.4 Å². The molecule has 3 rings (SSSR count). The summed E-state index contributed by atoms with van der Waals surface area (Å²) in [5, 5.41) is 0. The molecule has 1 aromatic carbocycles. The van der Waals surface area contributed by atoms with Crippen LogP contribution in [0.1, 0.15) is 44.6 Å². The summed E-state index contributed by atoms with van der Waals surface area (Å²) in [6.07, 6.45) is 6.53. The van der Waals surface area contributed by atoms with Crippen LogP contribution >= 0.6 is 0 Å². The minimum atomic E-state index is -3.33. The van der Waals surface area contributed by atoms with Crippen molar-refractivity contribution in [2.24, 2.45) is 5.92 Å². The number of rotatable bonds is 6. The Morgan fingerprint density at radius 1 is 1.00 bits per heavy atom. The summed E-state index contributed by atoms with van der Waals surface area (Å²) in [5.74, 6) is 0.630. The average molecular weight is 366 g/mol. The zero-order valence-corrected chi connectivity index (χ0v) is 16.1. The van der Waals surface area contributed by atoms with Gasteiger partial charge in [-0.25, -0.2) is 4.72 Å². The van der Waals surface area contributed by atoms with Crippen molar-refractivity contribution in [3.63, 3.8) is 0 Å². The molecule has 2 heterocycles. The summed E-state index contributed by atoms with van der Waals surface area (Å²) in [4.78, 5) is 2.44. The molecule has 0 atom stereocenters. The van der Waals surface area contributed by atoms with Gasteiger partial charge < -0.3 is 4.90 Å². The number of hydrogen-bond donors (Lipinski definition) is 1. The van der Waals surface area contributed by atoms with Crippen LogP contribution in [-0.2, 0) is 16.6 Å². The zero-order chi connectivity index (χ0) is 17.7. The van der Waals surface area contributed by atoms with Crippen molar-refractivity contribution in [2.45, 2.75) is 45.4 Å². The van der Waals surface area contributed by atoms with Crippen molar-refractivity contribution >= 4 is 15.9 Å². The molecule has 0 unspecified atom stereocenters. The summed E-state index contributed by atoms with van der Waals surface area (Å²) in [7, 11) is -3.33. The maximum atomic E-state index is 12.4. The van der Waals surface area contributed by atoms with Crippen LogP contribution in [-0.4, -0.2) is 45.4 Å². The third-order valence-electron chi connectivity index (χ3n) is 5.44. The predicted molar refractivity (Wildman–Crippen MR) is 103 cm³/mol. The van der Waals surface area contributed by atoms with Gasteiger partial charge in [0.15, 0.2) is 0 Å². The van der Waals surface area contributed by atoms with E-state index in [2.05, 4.69) is 40.8 Å². The fraction of sp³-hybridized carbons (Fsp3) is 0.684. The van der Waals surface area contributed by atoms with Crippen LogP contribution in [0.25, 0.3) is 0 Å². The Kier molecular flexibility index (Phi) is 6.36. The first-order chi connectivity index (χ1) is 12.0. The topological polar surface area (TPSA) is 52.7 Å².